The van der Waals surface area contributed by atoms with Gasteiger partial charge in [0, 0.05) is 6.54 Å². The van der Waals surface area contributed by atoms with E-state index in [0.717, 1.165) is 6.42 Å². The molecule has 0 aliphatic rings. The van der Waals surface area contributed by atoms with Gasteiger partial charge in [-0.25, -0.2) is 4.79 Å². The highest BCUT2D eigenvalue weighted by Crippen LogP contribution is 2.12. The molecule has 0 saturated heterocycles. The van der Waals surface area contributed by atoms with Gasteiger partial charge in [0.25, 0.3) is 0 Å². The zero-order chi connectivity index (χ0) is 15.6. The Morgan fingerprint density at radius 3 is 1.76 bits per heavy atom. The predicted molar refractivity (Wildman–Crippen MR) is 90.9 cm³/mol. The molecule has 0 bridgehead atoms. The minimum Gasteiger partial charge on any atom is -0.465 e. The molecule has 21 heavy (non-hydrogen) atoms. The third kappa shape index (κ3) is 19.0. The number of nitrogens with one attached hydrogen (secondary N) is 1. The van der Waals surface area contributed by atoms with Crippen molar-refractivity contribution in [1.29, 1.82) is 0 Å². The molecule has 0 rings (SSSR count). The third-order valence-electron chi connectivity index (χ3n) is 3.76. The van der Waals surface area contributed by atoms with Crippen molar-refractivity contribution < 1.29 is 9.90 Å². The van der Waals surface area contributed by atoms with E-state index in [2.05, 4.69) is 18.3 Å². The Morgan fingerprint density at radius 1 is 0.810 bits per heavy atom. The molecule has 0 spiro atoms. The molecule has 0 aromatic rings. The van der Waals surface area contributed by atoms with Crippen molar-refractivity contribution in [3.63, 3.8) is 0 Å². The van der Waals surface area contributed by atoms with E-state index in [9.17, 15) is 4.79 Å². The lowest BCUT2D eigenvalue weighted by molar-refractivity contribution is 0.195. The van der Waals surface area contributed by atoms with Crippen LogP contribution in [0.3, 0.4) is 0 Å². The van der Waals surface area contributed by atoms with Crippen LogP contribution in [0.15, 0.2) is 12.2 Å². The number of rotatable bonds is 15. The highest BCUT2D eigenvalue weighted by Gasteiger charge is 1.93. The van der Waals surface area contributed by atoms with Gasteiger partial charge in [-0.05, 0) is 12.8 Å². The largest absolute Gasteiger partial charge is 0.465 e. The molecule has 124 valence electrons. The first-order valence-corrected chi connectivity index (χ1v) is 8.89. The van der Waals surface area contributed by atoms with Gasteiger partial charge in [-0.1, -0.05) is 89.7 Å². The zero-order valence-electron chi connectivity index (χ0n) is 13.9. The van der Waals surface area contributed by atoms with E-state index in [-0.39, 0.29) is 0 Å². The lowest BCUT2D eigenvalue weighted by Crippen LogP contribution is -2.20. The second-order valence-electron chi connectivity index (χ2n) is 5.84. The second-order valence-corrected chi connectivity index (χ2v) is 5.84. The van der Waals surface area contributed by atoms with Gasteiger partial charge in [0.05, 0.1) is 0 Å². The van der Waals surface area contributed by atoms with Crippen molar-refractivity contribution >= 4 is 6.09 Å². The first-order chi connectivity index (χ1) is 10.3. The molecule has 3 nitrogen and oxygen atoms in total. The lowest BCUT2D eigenvalue weighted by atomic mass is 10.0. The van der Waals surface area contributed by atoms with Crippen LogP contribution in [-0.2, 0) is 0 Å². The number of unbranched alkanes of at least 4 members (excludes halogenated alkanes) is 12. The van der Waals surface area contributed by atoms with E-state index in [1.807, 2.05) is 6.08 Å². The monoisotopic (exact) mass is 297 g/mol. The number of carboxylic acid groups (broad SMARTS) is 1. The molecular formula is C18H35NO2. The average Bonchev–Trinajstić information content (AvgIpc) is 2.46. The third-order valence-corrected chi connectivity index (χ3v) is 3.76. The molecular weight excluding hydrogens is 262 g/mol. The van der Waals surface area contributed by atoms with Crippen molar-refractivity contribution in [2.75, 3.05) is 6.54 Å². The van der Waals surface area contributed by atoms with Gasteiger partial charge in [-0.2, -0.15) is 0 Å². The summed E-state index contributed by atoms with van der Waals surface area (Å²) >= 11 is 0. The molecule has 3 heteroatoms. The highest BCUT2D eigenvalue weighted by atomic mass is 16.4. The predicted octanol–water partition coefficient (Wildman–Crippen LogP) is 5.90. The van der Waals surface area contributed by atoms with Crippen LogP contribution in [0, 0.1) is 0 Å². The summed E-state index contributed by atoms with van der Waals surface area (Å²) < 4.78 is 0. The smallest absolute Gasteiger partial charge is 0.404 e. The Hall–Kier alpha value is -0.990. The van der Waals surface area contributed by atoms with E-state index < -0.39 is 6.09 Å². The Morgan fingerprint density at radius 2 is 1.29 bits per heavy atom. The topological polar surface area (TPSA) is 49.3 Å². The summed E-state index contributed by atoms with van der Waals surface area (Å²) in [4.78, 5) is 10.2. The van der Waals surface area contributed by atoms with Crippen molar-refractivity contribution in [3.8, 4) is 0 Å². The number of amides is 1. The van der Waals surface area contributed by atoms with Gasteiger partial charge < -0.3 is 10.4 Å². The van der Waals surface area contributed by atoms with Crippen LogP contribution < -0.4 is 5.32 Å². The number of hydrogen-bond acceptors (Lipinski definition) is 1. The fraction of sp³-hybridized carbons (Fsp3) is 0.833. The van der Waals surface area contributed by atoms with Crippen molar-refractivity contribution in [3.05, 3.63) is 12.2 Å². The molecule has 1 amide bonds. The van der Waals surface area contributed by atoms with Gasteiger partial charge in [0.15, 0.2) is 0 Å². The van der Waals surface area contributed by atoms with E-state index in [0.29, 0.717) is 6.54 Å². The van der Waals surface area contributed by atoms with Crippen LogP contribution in [-0.4, -0.2) is 17.7 Å². The SMILES string of the molecule is CCCCCCCCCCCCCCC=CCNC(=O)O. The van der Waals surface area contributed by atoms with Crippen LogP contribution >= 0.6 is 0 Å². The van der Waals surface area contributed by atoms with Gasteiger partial charge in [0.2, 0.25) is 0 Å². The molecule has 0 saturated carbocycles. The standard InChI is InChI=1S/C18H35NO2/c1-2-3-4-5-6-7-8-9-10-11-12-13-14-15-16-17-19-18(20)21/h15-16,19H,2-14,17H2,1H3,(H,20,21). The van der Waals surface area contributed by atoms with Crippen LogP contribution in [0.25, 0.3) is 0 Å². The summed E-state index contributed by atoms with van der Waals surface area (Å²) in [5.74, 6) is 0. The average molecular weight is 297 g/mol. The van der Waals surface area contributed by atoms with Crippen molar-refractivity contribution in [1.82, 2.24) is 5.32 Å². The fourth-order valence-electron chi connectivity index (χ4n) is 2.45. The number of carbonyl (C=O) groups is 1. The first kappa shape index (κ1) is 20.0. The van der Waals surface area contributed by atoms with Gasteiger partial charge in [-0.15, -0.1) is 0 Å². The molecule has 0 fully saturated rings. The molecule has 0 aromatic heterocycles. The summed E-state index contributed by atoms with van der Waals surface area (Å²) in [5.41, 5.74) is 0. The van der Waals surface area contributed by atoms with Crippen LogP contribution in [0.4, 0.5) is 4.79 Å². The number of hydrogen-bond donors (Lipinski definition) is 2. The molecule has 0 radical (unpaired) electrons. The quantitative estimate of drug-likeness (QED) is 0.292. The zero-order valence-corrected chi connectivity index (χ0v) is 13.9. The maximum Gasteiger partial charge on any atom is 0.404 e. The van der Waals surface area contributed by atoms with Gasteiger partial charge in [0.1, 0.15) is 0 Å². The maximum atomic E-state index is 10.2. The second kappa shape index (κ2) is 17.1. The van der Waals surface area contributed by atoms with Crippen LogP contribution in [0.2, 0.25) is 0 Å². The summed E-state index contributed by atoms with van der Waals surface area (Å²) in [6, 6.07) is 0. The molecule has 2 N–H and O–H groups in total. The van der Waals surface area contributed by atoms with Gasteiger partial charge >= 0.3 is 6.09 Å². The summed E-state index contributed by atoms with van der Waals surface area (Å²) in [6.07, 6.45) is 20.6. The molecule has 0 aromatic carbocycles. The molecule has 0 aliphatic heterocycles. The molecule has 0 unspecified atom stereocenters. The Balaban J connectivity index is 3.04. The van der Waals surface area contributed by atoms with Crippen LogP contribution in [0.1, 0.15) is 90.4 Å². The molecule has 0 atom stereocenters. The molecule has 0 aliphatic carbocycles. The van der Waals surface area contributed by atoms with E-state index >= 15 is 0 Å². The van der Waals surface area contributed by atoms with E-state index in [1.54, 1.807) is 0 Å². The Bertz CT molecular complexity index is 252. The van der Waals surface area contributed by atoms with E-state index in [4.69, 9.17) is 5.11 Å². The Labute approximate surface area is 131 Å². The summed E-state index contributed by atoms with van der Waals surface area (Å²) in [5, 5.41) is 10.7. The maximum absolute atomic E-state index is 10.2. The fourth-order valence-corrected chi connectivity index (χ4v) is 2.45. The summed E-state index contributed by atoms with van der Waals surface area (Å²) in [6.45, 7) is 2.69. The lowest BCUT2D eigenvalue weighted by Gasteiger charge is -2.02. The van der Waals surface area contributed by atoms with Crippen LogP contribution in [0.5, 0.6) is 0 Å². The minimum atomic E-state index is -0.954. The molecule has 0 heterocycles. The normalized spacial score (nSPS) is 11.1. The number of allylic oxidation sites excluding steroid dienone is 1. The van der Waals surface area contributed by atoms with Crippen molar-refractivity contribution in [2.24, 2.45) is 0 Å². The van der Waals surface area contributed by atoms with Crippen molar-refractivity contribution in [2.45, 2.75) is 90.4 Å². The van der Waals surface area contributed by atoms with E-state index in [1.165, 1.54) is 77.0 Å². The Kier molecular flexibility index (Phi) is 16.3. The van der Waals surface area contributed by atoms with Gasteiger partial charge in [-0.3, -0.25) is 0 Å². The first-order valence-electron chi connectivity index (χ1n) is 8.89. The summed E-state index contributed by atoms with van der Waals surface area (Å²) in [7, 11) is 0. The minimum absolute atomic E-state index is 0.424. The highest BCUT2D eigenvalue weighted by molar-refractivity contribution is 5.64.